The van der Waals surface area contributed by atoms with Crippen molar-refractivity contribution in [3.05, 3.63) is 95.1 Å². The van der Waals surface area contributed by atoms with Crippen LogP contribution in [0.2, 0.25) is 0 Å². The number of carbonyl (C=O) groups excluding carboxylic acids is 1. The summed E-state index contributed by atoms with van der Waals surface area (Å²) < 4.78 is 64.3. The predicted octanol–water partition coefficient (Wildman–Crippen LogP) is 5.05. The summed E-state index contributed by atoms with van der Waals surface area (Å²) in [6.45, 7) is 0. The Balaban J connectivity index is 1.91. The number of nitrogens with zero attached hydrogens (tertiary/aromatic N) is 4. The summed E-state index contributed by atoms with van der Waals surface area (Å²) >= 11 is 0. The number of carboxylic acids is 2. The van der Waals surface area contributed by atoms with Gasteiger partial charge in [-0.2, -0.15) is 16.8 Å². The number of phenolic OH excluding ortho intramolecular Hbond substituents is 2. The molecule has 0 atom stereocenters. The second-order valence-corrected chi connectivity index (χ2v) is 11.8. The van der Waals surface area contributed by atoms with Gasteiger partial charge in [-0.1, -0.05) is 30.3 Å². The molecular weight excluding hydrogens is 652 g/mol. The minimum absolute atomic E-state index is 0.0530. The van der Waals surface area contributed by atoms with Gasteiger partial charge in [0.2, 0.25) is 0 Å². The zero-order chi connectivity index (χ0) is 34.0. The van der Waals surface area contributed by atoms with E-state index in [9.17, 15) is 60.8 Å². The van der Waals surface area contributed by atoms with Crippen LogP contribution >= 0.6 is 0 Å². The first-order chi connectivity index (χ1) is 21.5. The second kappa shape index (κ2) is 12.6. The van der Waals surface area contributed by atoms with Crippen molar-refractivity contribution in [1.29, 1.82) is 0 Å². The van der Waals surface area contributed by atoms with E-state index in [0.717, 1.165) is 30.3 Å². The number of ketones is 1. The summed E-state index contributed by atoms with van der Waals surface area (Å²) in [6, 6.07) is 12.8. The topological polar surface area (TPSA) is 290 Å². The highest BCUT2D eigenvalue weighted by Crippen LogP contribution is 2.47. The van der Waals surface area contributed by atoms with Crippen LogP contribution in [0.3, 0.4) is 0 Å². The maximum Gasteiger partial charge on any atom is 0.338 e. The first-order valence-electron chi connectivity index (χ1n) is 12.2. The Kier molecular flexibility index (Phi) is 9.05. The third-order valence-electron chi connectivity index (χ3n) is 6.02. The molecule has 0 unspecified atom stereocenters. The van der Waals surface area contributed by atoms with Gasteiger partial charge in [-0.05, 0) is 42.5 Å². The van der Waals surface area contributed by atoms with Crippen LogP contribution in [0.25, 0.3) is 0 Å². The van der Waals surface area contributed by atoms with Crippen LogP contribution in [0.5, 0.6) is 11.5 Å². The summed E-state index contributed by atoms with van der Waals surface area (Å²) in [5.41, 5.74) is -4.36. The standard InChI is InChI=1S/C27H18N4O13S2/c32-23(13-4-2-1-3-5-13)18-12-21(30-28-19-8-6-14(45(39,40)41)10-16(19)26(35)36)25(34)22(24(18)33)31-29-20-9-7-15(46(42,43)44)11-17(20)27(37)38/h1-12,33-34H,(H,35,36)(H,37,38)(H,39,40,41)(H,42,43,44). The van der Waals surface area contributed by atoms with Crippen molar-refractivity contribution in [2.75, 3.05) is 0 Å². The number of azo groups is 2. The molecule has 4 rings (SSSR count). The van der Waals surface area contributed by atoms with E-state index in [1.165, 1.54) is 24.3 Å². The lowest BCUT2D eigenvalue weighted by Crippen LogP contribution is -2.03. The van der Waals surface area contributed by atoms with Crippen LogP contribution in [-0.4, -0.2) is 64.1 Å². The Hall–Kier alpha value is -5.89. The van der Waals surface area contributed by atoms with Gasteiger partial charge in [-0.3, -0.25) is 13.9 Å². The normalized spacial score (nSPS) is 12.0. The number of hydrogen-bond donors (Lipinski definition) is 6. The molecule has 236 valence electrons. The van der Waals surface area contributed by atoms with E-state index in [0.29, 0.717) is 12.1 Å². The molecule has 0 saturated carbocycles. The maximum absolute atomic E-state index is 13.3. The summed E-state index contributed by atoms with van der Waals surface area (Å²) in [6.07, 6.45) is 0. The first-order valence-corrected chi connectivity index (χ1v) is 15.1. The van der Waals surface area contributed by atoms with Crippen LogP contribution in [0.15, 0.2) is 103 Å². The molecule has 4 aromatic rings. The second-order valence-electron chi connectivity index (χ2n) is 9.00. The van der Waals surface area contributed by atoms with Gasteiger partial charge in [0.1, 0.15) is 17.1 Å². The van der Waals surface area contributed by atoms with Crippen molar-refractivity contribution in [3.63, 3.8) is 0 Å². The molecule has 0 aromatic heterocycles. The van der Waals surface area contributed by atoms with E-state index in [1.807, 2.05) is 0 Å². The van der Waals surface area contributed by atoms with Gasteiger partial charge in [-0.25, -0.2) is 9.59 Å². The van der Waals surface area contributed by atoms with Crippen molar-refractivity contribution in [1.82, 2.24) is 0 Å². The Bertz CT molecular complexity index is 2200. The average Bonchev–Trinajstić information content (AvgIpc) is 2.99. The lowest BCUT2D eigenvalue weighted by molar-refractivity contribution is 0.0686. The zero-order valence-corrected chi connectivity index (χ0v) is 24.2. The molecule has 0 aliphatic heterocycles. The van der Waals surface area contributed by atoms with Crippen LogP contribution in [0.1, 0.15) is 36.6 Å². The SMILES string of the molecule is O=C(O)c1cc(S(=O)(=O)O)ccc1N=Nc1cc(C(=O)c2ccccc2)c(O)c(N=Nc2ccc(S(=O)(=O)O)cc2C(=O)O)c1O. The van der Waals surface area contributed by atoms with Gasteiger partial charge in [-0.15, -0.1) is 20.5 Å². The average molecular weight is 671 g/mol. The smallest absolute Gasteiger partial charge is 0.338 e. The maximum atomic E-state index is 13.3. The molecule has 6 N–H and O–H groups in total. The number of phenols is 2. The lowest BCUT2D eigenvalue weighted by atomic mass is 10.0. The third-order valence-corrected chi connectivity index (χ3v) is 7.72. The van der Waals surface area contributed by atoms with Crippen LogP contribution in [-0.2, 0) is 20.2 Å². The van der Waals surface area contributed by atoms with Gasteiger partial charge < -0.3 is 20.4 Å². The minimum Gasteiger partial charge on any atom is -0.505 e. The van der Waals surface area contributed by atoms with E-state index >= 15 is 0 Å². The summed E-state index contributed by atoms with van der Waals surface area (Å²) in [5, 5.41) is 55.6. The number of carboxylic acid groups (broad SMARTS) is 2. The third kappa shape index (κ3) is 7.08. The van der Waals surface area contributed by atoms with Crippen molar-refractivity contribution in [2.45, 2.75) is 9.79 Å². The van der Waals surface area contributed by atoms with Crippen LogP contribution < -0.4 is 0 Å². The molecule has 17 nitrogen and oxygen atoms in total. The van der Waals surface area contributed by atoms with Crippen LogP contribution in [0.4, 0.5) is 22.7 Å². The largest absolute Gasteiger partial charge is 0.505 e. The molecule has 0 fully saturated rings. The van der Waals surface area contributed by atoms with Gasteiger partial charge in [0.15, 0.2) is 23.0 Å². The molecule has 19 heteroatoms. The lowest BCUT2D eigenvalue weighted by Gasteiger charge is -2.10. The highest BCUT2D eigenvalue weighted by Gasteiger charge is 2.24. The van der Waals surface area contributed by atoms with Gasteiger partial charge >= 0.3 is 11.9 Å². The predicted molar refractivity (Wildman–Crippen MR) is 154 cm³/mol. The number of benzene rings is 4. The fourth-order valence-electron chi connectivity index (χ4n) is 3.80. The number of aromatic hydroxyl groups is 2. The van der Waals surface area contributed by atoms with Gasteiger partial charge in [0.25, 0.3) is 20.2 Å². The van der Waals surface area contributed by atoms with Crippen molar-refractivity contribution in [2.24, 2.45) is 20.5 Å². The van der Waals surface area contributed by atoms with E-state index in [1.54, 1.807) is 6.07 Å². The molecule has 46 heavy (non-hydrogen) atoms. The number of carbonyl (C=O) groups is 3. The Morgan fingerprint density at radius 1 is 0.543 bits per heavy atom. The minimum atomic E-state index is -4.81. The highest BCUT2D eigenvalue weighted by molar-refractivity contribution is 7.86. The molecule has 0 aliphatic rings. The molecular formula is C27H18N4O13S2. The monoisotopic (exact) mass is 670 g/mol. The van der Waals surface area contributed by atoms with Crippen molar-refractivity contribution < 1.29 is 60.8 Å². The van der Waals surface area contributed by atoms with E-state index < -0.39 is 98.7 Å². The Morgan fingerprint density at radius 2 is 1.00 bits per heavy atom. The number of rotatable bonds is 10. The van der Waals surface area contributed by atoms with Crippen molar-refractivity contribution in [3.8, 4) is 11.5 Å². The number of aromatic carboxylic acids is 2. The quantitative estimate of drug-likeness (QED) is 0.0732. The first kappa shape index (κ1) is 33.0. The molecule has 4 aromatic carbocycles. The van der Waals surface area contributed by atoms with Crippen LogP contribution in [0, 0.1) is 0 Å². The van der Waals surface area contributed by atoms with Crippen molar-refractivity contribution >= 4 is 60.7 Å². The van der Waals surface area contributed by atoms with E-state index in [-0.39, 0.29) is 5.56 Å². The Morgan fingerprint density at radius 3 is 1.46 bits per heavy atom. The Labute approximate surface area is 258 Å². The molecule has 0 heterocycles. The molecule has 0 aliphatic carbocycles. The molecule has 0 amide bonds. The fraction of sp³-hybridized carbons (Fsp3) is 0. The zero-order valence-electron chi connectivity index (χ0n) is 22.6. The molecule has 0 saturated heterocycles. The summed E-state index contributed by atoms with van der Waals surface area (Å²) in [5.74, 6) is -6.13. The van der Waals surface area contributed by atoms with E-state index in [2.05, 4.69) is 20.5 Å². The fourth-order valence-corrected chi connectivity index (χ4v) is 4.82. The summed E-state index contributed by atoms with van der Waals surface area (Å²) in [4.78, 5) is 35.2. The molecule has 0 spiro atoms. The van der Waals surface area contributed by atoms with Gasteiger partial charge in [0.05, 0.1) is 26.5 Å². The van der Waals surface area contributed by atoms with Gasteiger partial charge in [0, 0.05) is 5.56 Å². The molecule has 0 radical (unpaired) electrons. The highest BCUT2D eigenvalue weighted by atomic mass is 32.2. The molecule has 0 bridgehead atoms. The number of hydrogen-bond acceptors (Lipinski definition) is 13. The van der Waals surface area contributed by atoms with E-state index in [4.69, 9.17) is 0 Å². The summed E-state index contributed by atoms with van der Waals surface area (Å²) in [7, 11) is -9.60.